The number of hydrogen-bond acceptors (Lipinski definition) is 3. The molecule has 4 nitrogen and oxygen atoms in total. The lowest BCUT2D eigenvalue weighted by molar-refractivity contribution is -0.122. The Kier molecular flexibility index (Phi) is 5.73. The number of Topliss-reactive ketones (excluding diaryl/α,β-unsaturated/α-hetero) is 1. The number of ketones is 1. The van der Waals surface area contributed by atoms with Crippen LogP contribution in [0.2, 0.25) is 0 Å². The van der Waals surface area contributed by atoms with Gasteiger partial charge in [-0.05, 0) is 25.0 Å². The Labute approximate surface area is 139 Å². The first-order chi connectivity index (χ1) is 10.5. The van der Waals surface area contributed by atoms with Crippen molar-refractivity contribution >= 4 is 27.6 Å². The van der Waals surface area contributed by atoms with Crippen LogP contribution in [0, 0.1) is 11.3 Å². The topological polar surface area (TPSA) is 70.0 Å². The van der Waals surface area contributed by atoms with E-state index in [0.717, 1.165) is 23.7 Å². The highest BCUT2D eigenvalue weighted by atomic mass is 79.9. The normalized spacial score (nSPS) is 16.5. The second kappa shape index (κ2) is 7.55. The second-order valence-corrected chi connectivity index (χ2v) is 6.65. The maximum Gasteiger partial charge on any atom is 0.221 e. The molecule has 1 fully saturated rings. The molecule has 1 saturated carbocycles. The fourth-order valence-corrected chi connectivity index (χ4v) is 3.02. The van der Waals surface area contributed by atoms with Crippen molar-refractivity contribution in [2.24, 2.45) is 0 Å². The van der Waals surface area contributed by atoms with Crippen LogP contribution < -0.4 is 5.32 Å². The van der Waals surface area contributed by atoms with Crippen LogP contribution in [0.25, 0.3) is 0 Å². The molecule has 2 rings (SSSR count). The number of nitriles is 1. The highest BCUT2D eigenvalue weighted by Gasteiger charge is 2.33. The van der Waals surface area contributed by atoms with E-state index >= 15 is 0 Å². The number of benzene rings is 1. The first kappa shape index (κ1) is 16.7. The molecule has 1 aromatic carbocycles. The fourth-order valence-electron chi connectivity index (χ4n) is 2.76. The van der Waals surface area contributed by atoms with E-state index in [9.17, 15) is 14.9 Å². The summed E-state index contributed by atoms with van der Waals surface area (Å²) in [6.45, 7) is 0. The van der Waals surface area contributed by atoms with Crippen molar-refractivity contribution in [2.75, 3.05) is 0 Å². The lowest BCUT2D eigenvalue weighted by Crippen LogP contribution is -2.48. The van der Waals surface area contributed by atoms with Crippen LogP contribution in [0.5, 0.6) is 0 Å². The SMILES string of the molecule is N#CC1(NC(=O)CCC(=O)c2ccc(Br)cc2)CCCCC1. The summed E-state index contributed by atoms with van der Waals surface area (Å²) in [7, 11) is 0. The van der Waals surface area contributed by atoms with E-state index in [0.29, 0.717) is 18.4 Å². The fraction of sp³-hybridized carbons (Fsp3) is 0.471. The molecule has 0 aliphatic heterocycles. The van der Waals surface area contributed by atoms with Gasteiger partial charge in [-0.3, -0.25) is 9.59 Å². The van der Waals surface area contributed by atoms with Crippen molar-refractivity contribution in [3.63, 3.8) is 0 Å². The molecule has 0 unspecified atom stereocenters. The maximum absolute atomic E-state index is 12.0. The van der Waals surface area contributed by atoms with Gasteiger partial charge in [0, 0.05) is 22.9 Å². The predicted octanol–water partition coefficient (Wildman–Crippen LogP) is 3.75. The minimum absolute atomic E-state index is 0.0581. The molecule has 0 saturated heterocycles. The summed E-state index contributed by atoms with van der Waals surface area (Å²) in [5.74, 6) is -0.272. The van der Waals surface area contributed by atoms with E-state index < -0.39 is 5.54 Å². The summed E-state index contributed by atoms with van der Waals surface area (Å²) >= 11 is 3.32. The molecule has 0 heterocycles. The third-order valence-electron chi connectivity index (χ3n) is 4.05. The number of carbonyl (C=O) groups excluding carboxylic acids is 2. The number of rotatable bonds is 5. The number of nitrogens with one attached hydrogen (secondary N) is 1. The summed E-state index contributed by atoms with van der Waals surface area (Å²) < 4.78 is 0.912. The van der Waals surface area contributed by atoms with Crippen molar-refractivity contribution in [3.8, 4) is 6.07 Å². The quantitative estimate of drug-likeness (QED) is 0.810. The number of hydrogen-bond donors (Lipinski definition) is 1. The Hall–Kier alpha value is -1.67. The van der Waals surface area contributed by atoms with Gasteiger partial charge in [0.05, 0.1) is 6.07 Å². The molecule has 1 aliphatic rings. The van der Waals surface area contributed by atoms with E-state index in [1.165, 1.54) is 0 Å². The zero-order valence-corrected chi connectivity index (χ0v) is 14.0. The Morgan fingerprint density at radius 2 is 1.77 bits per heavy atom. The van der Waals surface area contributed by atoms with Crippen molar-refractivity contribution in [1.29, 1.82) is 5.26 Å². The third kappa shape index (κ3) is 4.41. The van der Waals surface area contributed by atoms with Crippen molar-refractivity contribution in [3.05, 3.63) is 34.3 Å². The summed E-state index contributed by atoms with van der Waals surface area (Å²) in [5.41, 5.74) is -0.126. The first-order valence-electron chi connectivity index (χ1n) is 7.56. The van der Waals surface area contributed by atoms with Gasteiger partial charge in [-0.25, -0.2) is 0 Å². The van der Waals surface area contributed by atoms with E-state index in [1.807, 2.05) is 0 Å². The van der Waals surface area contributed by atoms with Crippen LogP contribution >= 0.6 is 15.9 Å². The smallest absolute Gasteiger partial charge is 0.221 e. The molecule has 0 atom stereocenters. The standard InChI is InChI=1S/C17H19BrN2O2/c18-14-6-4-13(5-7-14)15(21)8-9-16(22)20-17(12-19)10-2-1-3-11-17/h4-7H,1-3,8-11H2,(H,20,22). The zero-order valence-electron chi connectivity index (χ0n) is 12.4. The Morgan fingerprint density at radius 1 is 1.14 bits per heavy atom. The van der Waals surface area contributed by atoms with Gasteiger partial charge in [0.2, 0.25) is 5.91 Å². The average molecular weight is 363 g/mol. The van der Waals surface area contributed by atoms with E-state index in [4.69, 9.17) is 0 Å². The van der Waals surface area contributed by atoms with Crippen LogP contribution in [0.15, 0.2) is 28.7 Å². The average Bonchev–Trinajstić information content (AvgIpc) is 2.54. The Bertz CT molecular complexity index is 584. The van der Waals surface area contributed by atoms with Gasteiger partial charge in [-0.15, -0.1) is 0 Å². The van der Waals surface area contributed by atoms with Gasteiger partial charge < -0.3 is 5.32 Å². The van der Waals surface area contributed by atoms with Crippen LogP contribution in [-0.2, 0) is 4.79 Å². The second-order valence-electron chi connectivity index (χ2n) is 5.73. The highest BCUT2D eigenvalue weighted by Crippen LogP contribution is 2.27. The molecule has 1 aromatic rings. The minimum atomic E-state index is -0.726. The Balaban J connectivity index is 1.86. The molecule has 0 aromatic heterocycles. The molecule has 1 aliphatic carbocycles. The predicted molar refractivity (Wildman–Crippen MR) is 87.3 cm³/mol. The first-order valence-corrected chi connectivity index (χ1v) is 8.35. The number of amides is 1. The highest BCUT2D eigenvalue weighted by molar-refractivity contribution is 9.10. The third-order valence-corrected chi connectivity index (χ3v) is 4.57. The van der Waals surface area contributed by atoms with Crippen molar-refractivity contribution < 1.29 is 9.59 Å². The number of halogens is 1. The van der Waals surface area contributed by atoms with Crippen LogP contribution in [0.3, 0.4) is 0 Å². The number of carbonyl (C=O) groups is 2. The molecule has 1 amide bonds. The van der Waals surface area contributed by atoms with Crippen molar-refractivity contribution in [2.45, 2.75) is 50.5 Å². The molecule has 5 heteroatoms. The molecule has 1 N–H and O–H groups in total. The molecular weight excluding hydrogens is 344 g/mol. The largest absolute Gasteiger partial charge is 0.338 e. The van der Waals surface area contributed by atoms with Crippen LogP contribution in [0.4, 0.5) is 0 Å². The van der Waals surface area contributed by atoms with Gasteiger partial charge >= 0.3 is 0 Å². The molecule has 0 spiro atoms. The summed E-state index contributed by atoms with van der Waals surface area (Å²) in [6.07, 6.45) is 4.73. The van der Waals surface area contributed by atoms with Crippen molar-refractivity contribution in [1.82, 2.24) is 5.32 Å². The van der Waals surface area contributed by atoms with E-state index in [1.54, 1.807) is 24.3 Å². The maximum atomic E-state index is 12.0. The Morgan fingerprint density at radius 3 is 2.36 bits per heavy atom. The number of nitrogens with zero attached hydrogens (tertiary/aromatic N) is 1. The monoisotopic (exact) mass is 362 g/mol. The molecule has 0 bridgehead atoms. The lowest BCUT2D eigenvalue weighted by atomic mass is 9.82. The summed E-state index contributed by atoms with van der Waals surface area (Å²) in [4.78, 5) is 24.1. The molecule has 0 radical (unpaired) electrons. The molecule has 116 valence electrons. The molecule has 22 heavy (non-hydrogen) atoms. The van der Waals surface area contributed by atoms with E-state index in [-0.39, 0.29) is 24.5 Å². The molecular formula is C17H19BrN2O2. The summed E-state index contributed by atoms with van der Waals surface area (Å²) in [5, 5.41) is 12.2. The minimum Gasteiger partial charge on any atom is -0.338 e. The zero-order chi connectivity index (χ0) is 16.0. The van der Waals surface area contributed by atoms with E-state index in [2.05, 4.69) is 27.3 Å². The van der Waals surface area contributed by atoms with Gasteiger partial charge in [0.1, 0.15) is 5.54 Å². The van der Waals surface area contributed by atoms with Gasteiger partial charge in [0.25, 0.3) is 0 Å². The van der Waals surface area contributed by atoms with Gasteiger partial charge in [-0.1, -0.05) is 47.3 Å². The van der Waals surface area contributed by atoms with Gasteiger partial charge in [-0.2, -0.15) is 5.26 Å². The van der Waals surface area contributed by atoms with Crippen LogP contribution in [-0.4, -0.2) is 17.2 Å². The lowest BCUT2D eigenvalue weighted by Gasteiger charge is -2.31. The van der Waals surface area contributed by atoms with Gasteiger partial charge in [0.15, 0.2) is 5.78 Å². The van der Waals surface area contributed by atoms with Crippen LogP contribution in [0.1, 0.15) is 55.3 Å². The summed E-state index contributed by atoms with van der Waals surface area (Å²) in [6, 6.07) is 9.34.